The SMILES string of the molecule is COc1ccc(C(OC)c2sccc2C(OC)OC)cc1OC. The third kappa shape index (κ3) is 3.67. The van der Waals surface area contributed by atoms with Gasteiger partial charge in [-0.05, 0) is 29.1 Å². The molecule has 0 fully saturated rings. The Morgan fingerprint density at radius 3 is 2.09 bits per heavy atom. The molecular weight excluding hydrogens is 316 g/mol. The maximum Gasteiger partial charge on any atom is 0.184 e. The largest absolute Gasteiger partial charge is 0.493 e. The van der Waals surface area contributed by atoms with Crippen molar-refractivity contribution in [3.8, 4) is 11.5 Å². The van der Waals surface area contributed by atoms with Crippen molar-refractivity contribution >= 4 is 11.3 Å². The van der Waals surface area contributed by atoms with Gasteiger partial charge in [-0.2, -0.15) is 0 Å². The van der Waals surface area contributed by atoms with Gasteiger partial charge in [-0.25, -0.2) is 0 Å². The molecule has 5 nitrogen and oxygen atoms in total. The summed E-state index contributed by atoms with van der Waals surface area (Å²) in [4.78, 5) is 1.04. The predicted octanol–water partition coefficient (Wildman–Crippen LogP) is 3.79. The van der Waals surface area contributed by atoms with E-state index in [1.165, 1.54) is 0 Å². The van der Waals surface area contributed by atoms with Crippen LogP contribution in [0.5, 0.6) is 11.5 Å². The molecule has 2 aromatic rings. The van der Waals surface area contributed by atoms with Gasteiger partial charge in [0.1, 0.15) is 6.10 Å². The van der Waals surface area contributed by atoms with Crippen LogP contribution < -0.4 is 9.47 Å². The first-order chi connectivity index (χ1) is 11.2. The highest BCUT2D eigenvalue weighted by Gasteiger charge is 2.24. The molecule has 0 spiro atoms. The van der Waals surface area contributed by atoms with E-state index in [0.717, 1.165) is 16.0 Å². The van der Waals surface area contributed by atoms with Crippen molar-refractivity contribution < 1.29 is 23.7 Å². The molecule has 0 aliphatic carbocycles. The zero-order chi connectivity index (χ0) is 16.8. The van der Waals surface area contributed by atoms with E-state index >= 15 is 0 Å². The second-order valence-corrected chi connectivity index (χ2v) is 5.72. The third-order valence-electron chi connectivity index (χ3n) is 3.59. The van der Waals surface area contributed by atoms with E-state index in [0.29, 0.717) is 11.5 Å². The van der Waals surface area contributed by atoms with E-state index in [9.17, 15) is 0 Å². The summed E-state index contributed by atoms with van der Waals surface area (Å²) in [5, 5.41) is 2.00. The quantitative estimate of drug-likeness (QED) is 0.685. The minimum atomic E-state index is -0.422. The van der Waals surface area contributed by atoms with E-state index in [-0.39, 0.29) is 6.10 Å². The summed E-state index contributed by atoms with van der Waals surface area (Å²) < 4.78 is 27.2. The van der Waals surface area contributed by atoms with Crippen LogP contribution in [-0.4, -0.2) is 35.5 Å². The fourth-order valence-corrected chi connectivity index (χ4v) is 3.52. The lowest BCUT2D eigenvalue weighted by molar-refractivity contribution is -0.106. The molecule has 126 valence electrons. The van der Waals surface area contributed by atoms with Gasteiger partial charge in [0.15, 0.2) is 17.8 Å². The van der Waals surface area contributed by atoms with Crippen molar-refractivity contribution in [2.75, 3.05) is 35.5 Å². The van der Waals surface area contributed by atoms with Crippen molar-refractivity contribution in [2.24, 2.45) is 0 Å². The standard InChI is InChI=1S/C17H22O5S/c1-18-13-7-6-11(10-14(13)19-2)15(20-3)16-12(8-9-23-16)17(21-4)22-5/h6-10,15,17H,1-5H3. The second-order valence-electron chi connectivity index (χ2n) is 4.77. The zero-order valence-corrected chi connectivity index (χ0v) is 14.8. The van der Waals surface area contributed by atoms with Gasteiger partial charge < -0.3 is 23.7 Å². The Kier molecular flexibility index (Phi) is 6.41. The molecule has 0 amide bonds. The van der Waals surface area contributed by atoms with Crippen LogP contribution in [0.25, 0.3) is 0 Å². The highest BCUT2D eigenvalue weighted by atomic mass is 32.1. The van der Waals surface area contributed by atoms with Crippen LogP contribution in [0.3, 0.4) is 0 Å². The van der Waals surface area contributed by atoms with Crippen LogP contribution in [0, 0.1) is 0 Å². The van der Waals surface area contributed by atoms with Crippen molar-refractivity contribution in [1.29, 1.82) is 0 Å². The number of hydrogen-bond acceptors (Lipinski definition) is 6. The molecule has 0 N–H and O–H groups in total. The fourth-order valence-electron chi connectivity index (χ4n) is 2.50. The van der Waals surface area contributed by atoms with E-state index in [4.69, 9.17) is 23.7 Å². The van der Waals surface area contributed by atoms with Gasteiger partial charge in [-0.1, -0.05) is 6.07 Å². The van der Waals surface area contributed by atoms with E-state index in [1.54, 1.807) is 46.9 Å². The summed E-state index contributed by atoms with van der Waals surface area (Å²) in [5.41, 5.74) is 1.93. The summed E-state index contributed by atoms with van der Waals surface area (Å²) in [6.07, 6.45) is -0.661. The Morgan fingerprint density at radius 1 is 0.826 bits per heavy atom. The molecule has 0 aliphatic rings. The van der Waals surface area contributed by atoms with Crippen molar-refractivity contribution in [2.45, 2.75) is 12.4 Å². The molecule has 0 radical (unpaired) electrons. The lowest BCUT2D eigenvalue weighted by Gasteiger charge is -2.21. The maximum absolute atomic E-state index is 5.74. The number of rotatable bonds is 8. The molecule has 1 aromatic heterocycles. The number of methoxy groups -OCH3 is 5. The second kappa shape index (κ2) is 8.31. The zero-order valence-electron chi connectivity index (χ0n) is 14.0. The smallest absolute Gasteiger partial charge is 0.184 e. The Labute approximate surface area is 140 Å². The van der Waals surface area contributed by atoms with Crippen LogP contribution >= 0.6 is 11.3 Å². The van der Waals surface area contributed by atoms with Crippen LogP contribution in [0.15, 0.2) is 29.6 Å². The van der Waals surface area contributed by atoms with Crippen molar-refractivity contribution in [1.82, 2.24) is 0 Å². The first-order valence-corrected chi connectivity index (χ1v) is 7.95. The number of thiophene rings is 1. The van der Waals surface area contributed by atoms with E-state index in [1.807, 2.05) is 29.6 Å². The predicted molar refractivity (Wildman–Crippen MR) is 89.5 cm³/mol. The number of ether oxygens (including phenoxy) is 5. The third-order valence-corrected chi connectivity index (χ3v) is 4.57. The molecule has 0 saturated carbocycles. The maximum atomic E-state index is 5.74. The highest BCUT2D eigenvalue weighted by Crippen LogP contribution is 2.39. The monoisotopic (exact) mass is 338 g/mol. The van der Waals surface area contributed by atoms with Crippen LogP contribution in [0.1, 0.15) is 28.4 Å². The molecule has 6 heteroatoms. The molecule has 1 atom stereocenters. The molecule has 0 saturated heterocycles. The molecular formula is C17H22O5S. The number of benzene rings is 1. The topological polar surface area (TPSA) is 46.2 Å². The molecule has 1 heterocycles. The van der Waals surface area contributed by atoms with Gasteiger partial charge in [-0.3, -0.25) is 0 Å². The summed E-state index contributed by atoms with van der Waals surface area (Å²) in [5.74, 6) is 1.35. The Balaban J connectivity index is 2.43. The van der Waals surface area contributed by atoms with Gasteiger partial charge in [0.2, 0.25) is 0 Å². The van der Waals surface area contributed by atoms with Gasteiger partial charge in [0.05, 0.1) is 14.2 Å². The lowest BCUT2D eigenvalue weighted by Crippen LogP contribution is -2.10. The van der Waals surface area contributed by atoms with Gasteiger partial charge in [-0.15, -0.1) is 11.3 Å². The van der Waals surface area contributed by atoms with Gasteiger partial charge >= 0.3 is 0 Å². The van der Waals surface area contributed by atoms with Gasteiger partial charge in [0, 0.05) is 31.8 Å². The van der Waals surface area contributed by atoms with Crippen molar-refractivity contribution in [3.63, 3.8) is 0 Å². The van der Waals surface area contributed by atoms with Gasteiger partial charge in [0.25, 0.3) is 0 Å². The molecule has 1 aromatic carbocycles. The summed E-state index contributed by atoms with van der Waals surface area (Å²) in [6, 6.07) is 7.75. The fraction of sp³-hybridized carbons (Fsp3) is 0.412. The first-order valence-electron chi connectivity index (χ1n) is 7.07. The van der Waals surface area contributed by atoms with Crippen molar-refractivity contribution in [3.05, 3.63) is 45.6 Å². The summed E-state index contributed by atoms with van der Waals surface area (Å²) in [7, 11) is 8.15. The Hall–Kier alpha value is -1.60. The Morgan fingerprint density at radius 2 is 1.52 bits per heavy atom. The average molecular weight is 338 g/mol. The molecule has 1 unspecified atom stereocenters. The van der Waals surface area contributed by atoms with Crippen LogP contribution in [-0.2, 0) is 14.2 Å². The minimum Gasteiger partial charge on any atom is -0.493 e. The normalized spacial score (nSPS) is 12.4. The highest BCUT2D eigenvalue weighted by molar-refractivity contribution is 7.10. The first kappa shape index (κ1) is 17.7. The molecule has 0 aliphatic heterocycles. The van der Waals surface area contributed by atoms with E-state index in [2.05, 4.69) is 0 Å². The molecule has 0 bridgehead atoms. The molecule has 23 heavy (non-hydrogen) atoms. The Bertz CT molecular complexity index is 621. The van der Waals surface area contributed by atoms with Crippen LogP contribution in [0.2, 0.25) is 0 Å². The minimum absolute atomic E-state index is 0.238. The molecule has 2 rings (SSSR count). The number of hydrogen-bond donors (Lipinski definition) is 0. The summed E-state index contributed by atoms with van der Waals surface area (Å²) in [6.45, 7) is 0. The van der Waals surface area contributed by atoms with Crippen LogP contribution in [0.4, 0.5) is 0 Å². The lowest BCUT2D eigenvalue weighted by atomic mass is 10.0. The van der Waals surface area contributed by atoms with E-state index < -0.39 is 6.29 Å². The summed E-state index contributed by atoms with van der Waals surface area (Å²) >= 11 is 1.60. The average Bonchev–Trinajstić information content (AvgIpc) is 3.06.